The van der Waals surface area contributed by atoms with Gasteiger partial charge >= 0.3 is 289 Å². The molecular weight excluding hydrogens is 695 g/mol. The first-order chi connectivity index (χ1) is 22.0. The number of rotatable bonds is 9. The van der Waals surface area contributed by atoms with Crippen molar-refractivity contribution in [2.45, 2.75) is 87.6 Å². The van der Waals surface area contributed by atoms with Gasteiger partial charge in [0.05, 0.1) is 0 Å². The molecule has 2 aliphatic rings. The summed E-state index contributed by atoms with van der Waals surface area (Å²) in [5.41, 5.74) is 19.3. The Morgan fingerprint density at radius 1 is 0.565 bits per heavy atom. The van der Waals surface area contributed by atoms with Crippen LogP contribution in [0.1, 0.15) is 92.3 Å². The first-order valence-electron chi connectivity index (χ1n) is 17.4. The molecule has 0 bridgehead atoms. The predicted molar refractivity (Wildman–Crippen MR) is 205 cm³/mol. The van der Waals surface area contributed by atoms with Crippen molar-refractivity contribution in [3.8, 4) is 22.3 Å². The van der Waals surface area contributed by atoms with E-state index in [1.54, 1.807) is 0 Å². The minimum absolute atomic E-state index is 0.115. The molecule has 0 fully saturated rings. The molecular formula is C42H49Cl2SiZr. The van der Waals surface area contributed by atoms with Gasteiger partial charge in [-0.15, -0.1) is 0 Å². The molecule has 0 saturated carbocycles. The van der Waals surface area contributed by atoms with Gasteiger partial charge in [-0.1, -0.05) is 0 Å². The van der Waals surface area contributed by atoms with Gasteiger partial charge in [-0.3, -0.25) is 0 Å². The topological polar surface area (TPSA) is 0 Å². The van der Waals surface area contributed by atoms with E-state index in [1.807, 2.05) is 0 Å². The summed E-state index contributed by atoms with van der Waals surface area (Å²) in [4.78, 5) is 0. The Balaban J connectivity index is 1.64. The number of halogens is 2. The fourth-order valence-electron chi connectivity index (χ4n) is 8.79. The molecule has 0 spiro atoms. The molecule has 0 radical (unpaired) electrons. The third kappa shape index (κ3) is 5.08. The molecule has 0 amide bonds. The van der Waals surface area contributed by atoms with Crippen molar-refractivity contribution in [1.82, 2.24) is 0 Å². The third-order valence-electron chi connectivity index (χ3n) is 11.4. The first kappa shape index (κ1) is 33.9. The summed E-state index contributed by atoms with van der Waals surface area (Å²) in [7, 11) is 17.4. The monoisotopic (exact) mass is 741 g/mol. The quantitative estimate of drug-likeness (QED) is 0.150. The second-order valence-electron chi connectivity index (χ2n) is 13.9. The Hall–Kier alpha value is -1.96. The summed E-state index contributed by atoms with van der Waals surface area (Å²) in [5.74, 6) is -1.62. The van der Waals surface area contributed by atoms with Gasteiger partial charge in [0.25, 0.3) is 0 Å². The summed E-state index contributed by atoms with van der Waals surface area (Å²) in [6.07, 6.45) is 8.94. The minimum atomic E-state index is -4.82. The van der Waals surface area contributed by atoms with Crippen LogP contribution in [0.15, 0.2) is 83.9 Å². The molecule has 0 N–H and O–H groups in total. The summed E-state index contributed by atoms with van der Waals surface area (Å²) in [5, 5.41) is 0. The SMILES string of the molecule is CCC1=Cc2c(ccc(CC)c2-c2ccccc2C)[CH]1[Zr]([Cl])([Cl])([CH]1C(CC)=Cc2c1ccc(CC)c2-c1ccccc1C)[SiH](C)C. The van der Waals surface area contributed by atoms with Gasteiger partial charge in [0, 0.05) is 0 Å². The van der Waals surface area contributed by atoms with Crippen molar-refractivity contribution in [2.24, 2.45) is 0 Å². The van der Waals surface area contributed by atoms with E-state index in [0.717, 1.165) is 25.7 Å². The van der Waals surface area contributed by atoms with Crippen LogP contribution < -0.4 is 0 Å². The Morgan fingerprint density at radius 3 is 1.28 bits per heavy atom. The molecule has 0 saturated heterocycles. The average molecular weight is 744 g/mol. The van der Waals surface area contributed by atoms with Crippen LogP contribution in [-0.2, 0) is 28.4 Å². The Morgan fingerprint density at radius 2 is 0.957 bits per heavy atom. The molecule has 0 aliphatic heterocycles. The fraction of sp³-hybridized carbons (Fsp3) is 0.333. The van der Waals surface area contributed by atoms with Gasteiger partial charge < -0.3 is 0 Å². The van der Waals surface area contributed by atoms with Crippen LogP contribution in [-0.4, -0.2) is 5.92 Å². The maximum atomic E-state index is 8.71. The Kier molecular flexibility index (Phi) is 9.45. The van der Waals surface area contributed by atoms with Crippen LogP contribution in [0.2, 0.25) is 13.1 Å². The van der Waals surface area contributed by atoms with Crippen molar-refractivity contribution in [1.29, 1.82) is 0 Å². The van der Waals surface area contributed by atoms with Crippen molar-refractivity contribution < 1.29 is 15.6 Å². The zero-order valence-electron chi connectivity index (χ0n) is 28.9. The predicted octanol–water partition coefficient (Wildman–Crippen LogP) is 13.1. The second kappa shape index (κ2) is 12.8. The van der Waals surface area contributed by atoms with E-state index in [0.29, 0.717) is 0 Å². The summed E-state index contributed by atoms with van der Waals surface area (Å²) < 4.78 is 0.229. The molecule has 0 heterocycles. The standard InChI is InChI=1S/2C20H21.C2H7Si.2ClH.Zr/c2*1-4-15-12-17-11-10-16(5-2)20(19(17)13-15)18-9-7-6-8-14(18)3;1-3-2;;;/h2*6-13H,4-5H2,1-3H3;3H,1-2H3;2*1H;/q;;;;;+2/p-2. The maximum absolute atomic E-state index is 8.71. The van der Waals surface area contributed by atoms with Crippen LogP contribution in [0.5, 0.6) is 0 Å². The number of hydrogen-bond donors (Lipinski definition) is 0. The van der Waals surface area contributed by atoms with Crippen LogP contribution in [0.25, 0.3) is 34.4 Å². The van der Waals surface area contributed by atoms with E-state index in [1.165, 1.54) is 77.9 Å². The van der Waals surface area contributed by atoms with E-state index in [9.17, 15) is 0 Å². The van der Waals surface area contributed by atoms with Crippen molar-refractivity contribution in [2.75, 3.05) is 0 Å². The molecule has 6 rings (SSSR count). The van der Waals surface area contributed by atoms with E-state index >= 15 is 0 Å². The summed E-state index contributed by atoms with van der Waals surface area (Å²) in [6, 6.07) is 27.3. The number of allylic oxidation sites excluding steroid dienone is 2. The van der Waals surface area contributed by atoms with Gasteiger partial charge in [0.1, 0.15) is 0 Å². The Bertz CT molecular complexity index is 1770. The van der Waals surface area contributed by atoms with Crippen LogP contribution >= 0.6 is 17.0 Å². The second-order valence-corrected chi connectivity index (χ2v) is 56.4. The van der Waals surface area contributed by atoms with Gasteiger partial charge in [-0.2, -0.15) is 0 Å². The normalized spacial score (nSPS) is 18.2. The molecule has 2 unspecified atom stereocenters. The van der Waals surface area contributed by atoms with Gasteiger partial charge in [-0.25, -0.2) is 0 Å². The van der Waals surface area contributed by atoms with Gasteiger partial charge in [0.15, 0.2) is 0 Å². The molecule has 239 valence electrons. The number of aryl methyl sites for hydroxylation is 4. The first-order valence-corrected chi connectivity index (χ1v) is 33.7. The van der Waals surface area contributed by atoms with Gasteiger partial charge in [-0.05, 0) is 0 Å². The Labute approximate surface area is 286 Å². The van der Waals surface area contributed by atoms with Crippen molar-refractivity contribution >= 4 is 35.1 Å². The van der Waals surface area contributed by atoms with E-state index in [2.05, 4.69) is 140 Å². The van der Waals surface area contributed by atoms with E-state index in [-0.39, 0.29) is 7.25 Å². The van der Waals surface area contributed by atoms with Crippen LogP contribution in [0, 0.1) is 13.8 Å². The zero-order valence-corrected chi connectivity index (χ0v) is 34.0. The fourth-order valence-corrected chi connectivity index (χ4v) is 40.6. The molecule has 0 nitrogen and oxygen atoms in total. The van der Waals surface area contributed by atoms with Gasteiger partial charge in [0.2, 0.25) is 0 Å². The molecule has 46 heavy (non-hydrogen) atoms. The molecule has 4 aromatic rings. The third-order valence-corrected chi connectivity index (χ3v) is 63.2. The number of fused-ring (bicyclic) bond motifs is 2. The van der Waals surface area contributed by atoms with E-state index in [4.69, 9.17) is 17.0 Å². The zero-order chi connectivity index (χ0) is 33.0. The number of hydrogen-bond acceptors (Lipinski definition) is 0. The van der Waals surface area contributed by atoms with E-state index < -0.39 is 21.5 Å². The van der Waals surface area contributed by atoms with Crippen LogP contribution in [0.3, 0.4) is 0 Å². The summed E-state index contributed by atoms with van der Waals surface area (Å²) >= 11 is -4.82. The molecule has 0 aromatic heterocycles. The number of benzene rings is 4. The summed E-state index contributed by atoms with van der Waals surface area (Å²) in [6.45, 7) is 18.6. The van der Waals surface area contributed by atoms with Crippen molar-refractivity contribution in [3.63, 3.8) is 0 Å². The van der Waals surface area contributed by atoms with Crippen molar-refractivity contribution in [3.05, 3.63) is 128 Å². The molecule has 4 heteroatoms. The molecule has 2 aliphatic carbocycles. The molecule has 4 aromatic carbocycles. The molecule has 2 atom stereocenters. The van der Waals surface area contributed by atoms with Crippen LogP contribution in [0.4, 0.5) is 0 Å². The average Bonchev–Trinajstić information content (AvgIpc) is 3.64.